The molecule has 48 nitrogen and oxygen atoms in total. The molecule has 820 valence electrons. The molecule has 3 aromatic carbocycles. The number of aliphatic hydroxyl groups excluding tert-OH is 5. The summed E-state index contributed by atoms with van der Waals surface area (Å²) in [6.07, 6.45) is -4.40. The summed E-state index contributed by atoms with van der Waals surface area (Å²) in [7, 11) is 0. The molecular weight excluding hydrogens is 1970 g/mol. The smallest absolute Gasteiger partial charge is 0.327 e. The lowest BCUT2D eigenvalue weighted by Gasteiger charge is -2.30. The predicted molar refractivity (Wildman–Crippen MR) is 551 cm³/mol. The summed E-state index contributed by atoms with van der Waals surface area (Å²) in [6, 6.07) is -6.40. The Balaban J connectivity index is 1.90. The van der Waals surface area contributed by atoms with Crippen LogP contribution in [-0.4, -0.2) is 331 Å². The molecule has 18 amide bonds. The van der Waals surface area contributed by atoms with Gasteiger partial charge < -0.3 is 148 Å². The minimum absolute atomic E-state index is 0.0388. The van der Waals surface area contributed by atoms with Crippen molar-refractivity contribution in [1.82, 2.24) is 101 Å². The number of phenols is 1. The van der Waals surface area contributed by atoms with Gasteiger partial charge in [-0.15, -0.1) is 0 Å². The molecule has 51 heteroatoms. The maximum absolute atomic E-state index is 14.7. The molecule has 0 saturated carbocycles. The molecule has 0 aromatic heterocycles. The molecule has 147 heavy (non-hydrogen) atoms. The number of phenolic OH excluding ortho intramolecular Hbond substituents is 1. The summed E-state index contributed by atoms with van der Waals surface area (Å²) in [5.74, 6) is -22.8. The average Bonchev–Trinajstić information content (AvgIpc) is 0.831. The van der Waals surface area contributed by atoms with Gasteiger partial charge in [0.05, 0.1) is 44.1 Å². The Kier molecular flexibility index (Phi) is 57.7. The van der Waals surface area contributed by atoms with Gasteiger partial charge in [-0.25, -0.2) is 4.79 Å². The van der Waals surface area contributed by atoms with E-state index in [4.69, 9.17) is 16.9 Å². The SMILES string of the molecule is CC[C@H](C)[C@H](NC(=O)[C@H](CC(C)C)NC(=O)[C@@H](NC(=O)[C@H](Cc1ccccc1)NC(=O)[C@H](CC(C)C)NC(=O)[C@H](C)NC(=O)[C@@H](NC(=O)[C@@H](NC(=O)[C@H](CC(C)C)NC(=O)[C@@H](NC(=O)[C@H](CCCNC(=N)N)NC(=O)[C@H](Cc1ccc(O)cc1)NC(=O)CNC(=O)[C@H](Cc1ccccc1)NC(=O)[C@H](CO)NC(=O)[C@H](CO)NC(=O)[C@@H](N)CCSC)[C@@H](C)O)[C@@H](C)O)C(C)C)[C@@H](C)O)C(=O)N[C@@H](CS)C(=O)N[C@@H](CS)C(=O)O. The Morgan fingerprint density at radius 3 is 1.10 bits per heavy atom. The van der Waals surface area contributed by atoms with Gasteiger partial charge in [-0.1, -0.05) is 148 Å². The van der Waals surface area contributed by atoms with Crippen LogP contribution in [0.4, 0.5) is 0 Å². The third-order valence-corrected chi connectivity index (χ3v) is 24.5. The van der Waals surface area contributed by atoms with Crippen molar-refractivity contribution in [3.63, 3.8) is 0 Å². The largest absolute Gasteiger partial charge is 0.508 e. The lowest BCUT2D eigenvalue weighted by atomic mass is 9.96. The van der Waals surface area contributed by atoms with Crippen LogP contribution in [0.25, 0.3) is 0 Å². The van der Waals surface area contributed by atoms with E-state index in [1.807, 2.05) is 0 Å². The Hall–Kier alpha value is -12.5. The van der Waals surface area contributed by atoms with Crippen molar-refractivity contribution in [3.8, 4) is 5.75 Å². The fourth-order valence-corrected chi connectivity index (χ4v) is 15.6. The second-order valence-corrected chi connectivity index (χ2v) is 39.3. The molecule has 0 fully saturated rings. The summed E-state index contributed by atoms with van der Waals surface area (Å²) in [5.41, 5.74) is 12.8. The van der Waals surface area contributed by atoms with Crippen LogP contribution < -0.4 is 112 Å². The second kappa shape index (κ2) is 65.9. The quantitative estimate of drug-likeness (QED) is 0.0108. The van der Waals surface area contributed by atoms with Gasteiger partial charge in [0.2, 0.25) is 106 Å². The zero-order chi connectivity index (χ0) is 111. The number of thioether (sulfide) groups is 1. The highest BCUT2D eigenvalue weighted by molar-refractivity contribution is 7.98. The standard InChI is InChI=1S/C96H152N22O26S3/c1-16-51(10)74(91(139)112-70(45-145)89(137)113-71(46-146)95(143)144)115-84(132)63(37-48(4)5)108-93(141)76(54(13)122)117-86(134)67(40-57-26-21-18-22-27-57)107-82(130)62(36-47(2)3)105-78(126)52(11)102-90(138)73(50(8)9)114-94(142)77(55(14)123)118-85(133)64(38-49(6)7)109-92(140)75(53(12)121)116-81(129)61(28-23-34-100-96(98)99)104-83(131)66(41-58-29-31-59(124)32-30-58)103-72(125)42-101-80(128)65(39-56-24-19-17-20-25-56)106-87(135)69(44-120)111-88(136)68(43-119)110-79(127)60(97)33-35-147-15/h17-22,24-27,29-32,47-55,60-71,73-77,119-124,145-146H,16,23,28,33-46,97H2,1-15H3,(H,101,128)(H,102,138)(H,103,125)(H,104,131)(H,105,126)(H,106,135)(H,107,130)(H,108,141)(H,109,140)(H,110,127)(H,111,136)(H,112,139)(H,113,137)(H,114,142)(H,115,132)(H,116,129)(H,117,134)(H,118,133)(H,143,144)(H4,98,99,100)/t51-,52-,53+,54+,55+,60-,61-,62-,63-,64-,65-,66-,67-,68-,69-,70-,71-,73-,74-,75-,76-,77-/m0/s1. The molecule has 0 spiro atoms. The number of aliphatic hydroxyl groups is 5. The fourth-order valence-electron chi connectivity index (χ4n) is 14.6. The fraction of sp³-hybridized carbons (Fsp3) is 0.604. The van der Waals surface area contributed by atoms with Crippen LogP contribution in [0.15, 0.2) is 84.9 Å². The molecule has 0 bridgehead atoms. The number of aliphatic carboxylic acids is 1. The number of rotatable bonds is 66. The first-order chi connectivity index (χ1) is 69.1. The van der Waals surface area contributed by atoms with E-state index in [0.717, 1.165) is 13.8 Å². The van der Waals surface area contributed by atoms with Gasteiger partial charge in [-0.05, 0) is 137 Å². The number of aromatic hydroxyl groups is 1. The summed E-state index contributed by atoms with van der Waals surface area (Å²) in [6.45, 7) is 18.3. The molecule has 0 aliphatic heterocycles. The number of carboxylic acid groups (broad SMARTS) is 1. The van der Waals surface area contributed by atoms with Crippen LogP contribution in [0.3, 0.4) is 0 Å². The third-order valence-electron chi connectivity index (χ3n) is 23.1. The third kappa shape index (κ3) is 46.2. The number of carboxylic acids is 1. The topological polar surface area (TPSA) is 770 Å². The van der Waals surface area contributed by atoms with Gasteiger partial charge in [0.25, 0.3) is 0 Å². The van der Waals surface area contributed by atoms with Gasteiger partial charge in [0, 0.05) is 37.3 Å². The molecule has 0 heterocycles. The highest BCUT2D eigenvalue weighted by Crippen LogP contribution is 2.19. The summed E-state index contributed by atoms with van der Waals surface area (Å²) in [5, 5.41) is 128. The highest BCUT2D eigenvalue weighted by Gasteiger charge is 2.42. The number of guanidine groups is 1. The van der Waals surface area contributed by atoms with Gasteiger partial charge in [-0.2, -0.15) is 37.0 Å². The van der Waals surface area contributed by atoms with Crippen molar-refractivity contribution in [2.45, 2.75) is 288 Å². The van der Waals surface area contributed by atoms with E-state index in [-0.39, 0.29) is 93.4 Å². The normalized spacial score (nSPS) is 15.8. The van der Waals surface area contributed by atoms with Crippen molar-refractivity contribution in [3.05, 3.63) is 102 Å². The minimum atomic E-state index is -1.96. The number of nitrogens with one attached hydrogen (secondary N) is 20. The van der Waals surface area contributed by atoms with Crippen molar-refractivity contribution >= 4 is 155 Å². The van der Waals surface area contributed by atoms with E-state index in [0.29, 0.717) is 28.9 Å². The summed E-state index contributed by atoms with van der Waals surface area (Å²) >= 11 is 9.55. The van der Waals surface area contributed by atoms with Gasteiger partial charge in [0.1, 0.15) is 108 Å². The first-order valence-electron chi connectivity index (χ1n) is 48.5. The molecule has 0 aliphatic carbocycles. The van der Waals surface area contributed by atoms with E-state index in [1.165, 1.54) is 63.7 Å². The zero-order valence-electron chi connectivity index (χ0n) is 85.5. The Morgan fingerprint density at radius 1 is 0.367 bits per heavy atom. The highest BCUT2D eigenvalue weighted by atomic mass is 32.2. The average molecular weight is 2130 g/mol. The number of carbonyl (C=O) groups excluding carboxylic acids is 18. The van der Waals surface area contributed by atoms with E-state index in [1.54, 1.807) is 122 Å². The van der Waals surface area contributed by atoms with Gasteiger partial charge in [0.15, 0.2) is 5.96 Å². The van der Waals surface area contributed by atoms with Crippen molar-refractivity contribution in [2.75, 3.05) is 49.8 Å². The Bertz CT molecular complexity index is 4840. The van der Waals surface area contributed by atoms with Crippen LogP contribution in [-0.2, 0) is 110 Å². The maximum Gasteiger partial charge on any atom is 0.327 e. The van der Waals surface area contributed by atoms with Crippen molar-refractivity contribution < 1.29 is 127 Å². The van der Waals surface area contributed by atoms with E-state index < -0.39 is 283 Å². The molecule has 0 unspecified atom stereocenters. The lowest BCUT2D eigenvalue weighted by molar-refractivity contribution is -0.141. The Morgan fingerprint density at radius 2 is 0.694 bits per heavy atom. The summed E-state index contributed by atoms with van der Waals surface area (Å²) < 4.78 is 0. The number of benzene rings is 3. The van der Waals surface area contributed by atoms with E-state index in [9.17, 15) is 127 Å². The molecule has 3 rings (SSSR count). The van der Waals surface area contributed by atoms with Crippen molar-refractivity contribution in [1.29, 1.82) is 5.41 Å². The van der Waals surface area contributed by atoms with Crippen LogP contribution >= 0.6 is 37.0 Å². The Labute approximate surface area is 870 Å². The zero-order valence-corrected chi connectivity index (χ0v) is 88.1. The van der Waals surface area contributed by atoms with Crippen LogP contribution in [0, 0.1) is 35.0 Å². The second-order valence-electron chi connectivity index (χ2n) is 37.5. The molecule has 0 radical (unpaired) electrons. The van der Waals surface area contributed by atoms with Crippen molar-refractivity contribution in [2.24, 2.45) is 41.1 Å². The number of amides is 18. The molecule has 0 aliphatic rings. The molecule has 31 N–H and O–H groups in total. The van der Waals surface area contributed by atoms with Gasteiger partial charge in [-0.3, -0.25) is 91.7 Å². The first-order valence-corrected chi connectivity index (χ1v) is 51.1. The number of hydrogen-bond acceptors (Lipinski definition) is 30. The number of hydrogen-bond donors (Lipinski definition) is 31. The number of thiol groups is 2. The van der Waals surface area contributed by atoms with Crippen LogP contribution in [0.2, 0.25) is 0 Å². The first kappa shape index (κ1) is 129. The molecule has 3 aromatic rings. The predicted octanol–water partition coefficient (Wildman–Crippen LogP) is -5.95. The molecular formula is C96H152N22O26S3. The minimum Gasteiger partial charge on any atom is -0.508 e. The molecule has 22 atom stereocenters. The molecule has 0 saturated heterocycles. The van der Waals surface area contributed by atoms with E-state index in [2.05, 4.69) is 126 Å². The monoisotopic (exact) mass is 2130 g/mol. The lowest BCUT2D eigenvalue weighted by Crippen LogP contribution is -2.63. The van der Waals surface area contributed by atoms with Crippen LogP contribution in [0.5, 0.6) is 5.75 Å². The van der Waals surface area contributed by atoms with Gasteiger partial charge >= 0.3 is 5.97 Å². The maximum atomic E-state index is 14.7. The van der Waals surface area contributed by atoms with E-state index >= 15 is 0 Å². The number of nitrogens with two attached hydrogens (primary N) is 2. The van der Waals surface area contributed by atoms with Crippen LogP contribution in [0.1, 0.15) is 159 Å². The number of carbonyl (C=O) groups is 19. The summed E-state index contributed by atoms with van der Waals surface area (Å²) in [4.78, 5) is 266.